The first-order valence-electron chi connectivity index (χ1n) is 41.1. The first kappa shape index (κ1) is 91.0. The second-order valence-corrected chi connectivity index (χ2v) is 30.2. The Bertz CT molecular complexity index is 4690. The molecule has 8 aromatic carbocycles. The van der Waals surface area contributed by atoms with Gasteiger partial charge >= 0.3 is 35.8 Å². The fourth-order valence-electron chi connectivity index (χ4n) is 16.2. The van der Waals surface area contributed by atoms with Gasteiger partial charge in [0.25, 0.3) is 0 Å². The van der Waals surface area contributed by atoms with E-state index in [1.807, 2.05) is 43.3 Å². The van der Waals surface area contributed by atoms with Crippen molar-refractivity contribution in [2.24, 2.45) is 0 Å². The van der Waals surface area contributed by atoms with Crippen LogP contribution in [0.2, 0.25) is 0 Å². The van der Waals surface area contributed by atoms with E-state index in [-0.39, 0.29) is 59.8 Å². The third-order valence-electron chi connectivity index (χ3n) is 22.3. The summed E-state index contributed by atoms with van der Waals surface area (Å²) in [7, 11) is 10.2. The standard InChI is InChI=1S/C94H102O31/c1-55-69(102-3)75(103-4)71(65(112-55)51-108-49-56-33-17-9-18-34-56)123-91-80(106-7)76(104-5)70(64(113-91)50-101-2)122-92-81(107-8)77(105-6)72(66(114-92)52-109-84(95)57-35-19-10-20-36-57)124-93-83(120-89(100)62-45-29-15-30-46-62)79(118-87(98)60-41-25-13-26-42-60)74(67(115-93)53-110-85(96)58-37-21-11-22-38-58)125-94-82(119-88(99)61-43-27-14-28-44-61)78(117-86(97)59-39-23-12-24-40-59)73-68(116-94)54-111-90(121-73)63-47-31-16-32-48-63/h9-48,55,64-83,90-94H,49-54H2,1-8H3/t55-,64-,65?,66-,67?,68?,69?,70+,71+,72+,73+,74+,75+,76?,77?,78-,79-,80?,81?,82?,83?,90?,91-,92+,93-,94+/m0/s1. The van der Waals surface area contributed by atoms with Crippen LogP contribution in [0.3, 0.4) is 0 Å². The molecule has 0 saturated carbocycles. The maximum atomic E-state index is 15.5. The summed E-state index contributed by atoms with van der Waals surface area (Å²) in [5.74, 6) is -5.59. The van der Waals surface area contributed by atoms with Crippen LogP contribution in [0.4, 0.5) is 0 Å². The normalized spacial score (nSPS) is 30.9. The molecule has 26 atom stereocenters. The number of hydrogen-bond acceptors (Lipinski definition) is 31. The Morgan fingerprint density at radius 1 is 0.296 bits per heavy atom. The highest BCUT2D eigenvalue weighted by molar-refractivity contribution is 5.92. The van der Waals surface area contributed by atoms with Crippen molar-refractivity contribution < 1.29 is 147 Å². The maximum absolute atomic E-state index is 15.5. The van der Waals surface area contributed by atoms with Crippen LogP contribution < -0.4 is 0 Å². The lowest BCUT2D eigenvalue weighted by Gasteiger charge is -2.52. The first-order valence-corrected chi connectivity index (χ1v) is 41.1. The van der Waals surface area contributed by atoms with Gasteiger partial charge in [-0.1, -0.05) is 170 Å². The molecule has 0 bridgehead atoms. The third-order valence-corrected chi connectivity index (χ3v) is 22.3. The molecule has 6 fully saturated rings. The predicted octanol–water partition coefficient (Wildman–Crippen LogP) is 9.90. The van der Waals surface area contributed by atoms with Crippen LogP contribution in [0.25, 0.3) is 0 Å². The van der Waals surface area contributed by atoms with Crippen molar-refractivity contribution in [2.45, 2.75) is 173 Å². The molecule has 0 spiro atoms. The second kappa shape index (κ2) is 44.3. The van der Waals surface area contributed by atoms with Gasteiger partial charge in [-0.3, -0.25) is 0 Å². The van der Waals surface area contributed by atoms with E-state index >= 15 is 9.59 Å². The minimum Gasteiger partial charge on any atom is -0.459 e. The molecule has 125 heavy (non-hydrogen) atoms. The number of ether oxygens (including phenoxy) is 25. The number of fused-ring (bicyclic) bond motifs is 1. The van der Waals surface area contributed by atoms with Gasteiger partial charge in [0, 0.05) is 55.3 Å². The van der Waals surface area contributed by atoms with Crippen LogP contribution in [0.15, 0.2) is 243 Å². The third kappa shape index (κ3) is 22.1. The van der Waals surface area contributed by atoms with Crippen molar-refractivity contribution in [1.29, 1.82) is 0 Å². The van der Waals surface area contributed by atoms with Crippen LogP contribution in [0.5, 0.6) is 0 Å². The van der Waals surface area contributed by atoms with Gasteiger partial charge in [-0.2, -0.15) is 0 Å². The predicted molar refractivity (Wildman–Crippen MR) is 437 cm³/mol. The summed E-state index contributed by atoms with van der Waals surface area (Å²) in [6.45, 7) is 0.305. The van der Waals surface area contributed by atoms with Crippen molar-refractivity contribution in [1.82, 2.24) is 0 Å². The molecular weight excluding hydrogens is 1630 g/mol. The van der Waals surface area contributed by atoms with Gasteiger partial charge in [0.15, 0.2) is 55.9 Å². The Hall–Kier alpha value is -10.2. The molecule has 0 aromatic heterocycles. The molecule has 31 heteroatoms. The quantitative estimate of drug-likeness (QED) is 0.0263. The molecule has 0 amide bonds. The molecule has 6 saturated heterocycles. The summed E-state index contributed by atoms with van der Waals surface area (Å²) >= 11 is 0. The fraction of sp³-hybridized carbons (Fsp3) is 0.426. The lowest BCUT2D eigenvalue weighted by molar-refractivity contribution is -0.399. The molecule has 11 unspecified atom stereocenters. The van der Waals surface area contributed by atoms with Crippen LogP contribution in [0, 0.1) is 0 Å². The number of carbonyl (C=O) groups is 6. The fourth-order valence-corrected chi connectivity index (χ4v) is 16.2. The topological polar surface area (TPSA) is 333 Å². The van der Waals surface area contributed by atoms with Crippen molar-refractivity contribution in [3.8, 4) is 0 Å². The number of carbonyl (C=O) groups excluding carboxylic acids is 6. The van der Waals surface area contributed by atoms with E-state index in [0.29, 0.717) is 5.56 Å². The van der Waals surface area contributed by atoms with Gasteiger partial charge in [-0.25, -0.2) is 28.8 Å². The van der Waals surface area contributed by atoms with Crippen molar-refractivity contribution in [2.75, 3.05) is 82.8 Å². The van der Waals surface area contributed by atoms with E-state index in [0.717, 1.165) is 5.56 Å². The largest absolute Gasteiger partial charge is 0.459 e. The Morgan fingerprint density at radius 2 is 0.608 bits per heavy atom. The van der Waals surface area contributed by atoms with Crippen LogP contribution >= 0.6 is 0 Å². The Morgan fingerprint density at radius 3 is 1.00 bits per heavy atom. The number of methoxy groups -OCH3 is 7. The monoisotopic (exact) mass is 1730 g/mol. The van der Waals surface area contributed by atoms with Gasteiger partial charge in [0.05, 0.1) is 65.9 Å². The summed E-state index contributed by atoms with van der Waals surface area (Å²) in [6, 6.07) is 66.2. The van der Waals surface area contributed by atoms with E-state index < -0.39 is 209 Å². The number of rotatable bonds is 35. The smallest absolute Gasteiger partial charge is 0.338 e. The van der Waals surface area contributed by atoms with E-state index in [1.54, 1.807) is 160 Å². The molecule has 8 aromatic rings. The van der Waals surface area contributed by atoms with Crippen molar-refractivity contribution >= 4 is 35.8 Å². The molecule has 6 heterocycles. The molecule has 0 N–H and O–H groups in total. The zero-order chi connectivity index (χ0) is 87.3. The zero-order valence-electron chi connectivity index (χ0n) is 70.0. The highest BCUT2D eigenvalue weighted by atomic mass is 16.8. The average Bonchev–Trinajstić information content (AvgIpc) is 0.755. The molecule has 0 radical (unpaired) electrons. The molecule has 31 nitrogen and oxygen atoms in total. The Kier molecular flexibility index (Phi) is 32.3. The SMILES string of the molecule is COC[C@@H]1O[C@@H](O[C@@H]2C(COCc3ccccc3)O[C@@H](C)C(OC)[C@H]2OC)C(OC)C(OC)[C@@H]1O[C@H]1O[C@@H](COC(=O)c2ccccc2)[C@@H](O[C@@H]2OC(COC(=O)c3ccccc3)[C@@H](O[C@H]3OC4COC(c5ccccc5)O[C@H]4[C@H](OC(=O)c4ccccc4)C3OC(=O)c3ccccc3)[C@H](OC(=O)c3ccccc3)C2OC(=O)c2ccccc2)C(OC)C1OC. The zero-order valence-corrected chi connectivity index (χ0v) is 70.0. The molecule has 6 aliphatic rings. The van der Waals surface area contributed by atoms with Gasteiger partial charge in [-0.05, 0) is 85.3 Å². The minimum absolute atomic E-state index is 0.0216. The van der Waals surface area contributed by atoms with Crippen molar-refractivity contribution in [3.63, 3.8) is 0 Å². The average molecular weight is 1730 g/mol. The van der Waals surface area contributed by atoms with Crippen LogP contribution in [0.1, 0.15) is 86.5 Å². The van der Waals surface area contributed by atoms with Gasteiger partial charge in [-0.15, -0.1) is 0 Å². The van der Waals surface area contributed by atoms with E-state index in [4.69, 9.17) is 118 Å². The summed E-state index contributed by atoms with van der Waals surface area (Å²) < 4.78 is 166. The second-order valence-electron chi connectivity index (χ2n) is 30.2. The number of esters is 6. The van der Waals surface area contributed by atoms with E-state index in [1.165, 1.54) is 96.2 Å². The van der Waals surface area contributed by atoms with Crippen LogP contribution in [-0.2, 0) is 125 Å². The molecular formula is C94H102O31. The van der Waals surface area contributed by atoms with Crippen molar-refractivity contribution in [3.05, 3.63) is 287 Å². The molecule has 6 aliphatic heterocycles. The lowest BCUT2D eigenvalue weighted by Crippen LogP contribution is -2.69. The van der Waals surface area contributed by atoms with Gasteiger partial charge < -0.3 is 118 Å². The molecule has 14 rings (SSSR count). The first-order chi connectivity index (χ1) is 61.1. The van der Waals surface area contributed by atoms with Gasteiger partial charge in [0.1, 0.15) is 111 Å². The lowest BCUT2D eigenvalue weighted by atomic mass is 9.94. The summed E-state index contributed by atoms with van der Waals surface area (Å²) in [4.78, 5) is 89.7. The number of hydrogen-bond donors (Lipinski definition) is 0. The van der Waals surface area contributed by atoms with E-state index in [2.05, 4.69) is 0 Å². The highest BCUT2D eigenvalue weighted by Crippen LogP contribution is 2.44. The number of benzene rings is 8. The minimum atomic E-state index is -2.07. The summed E-state index contributed by atoms with van der Waals surface area (Å²) in [5.41, 5.74) is 1.85. The van der Waals surface area contributed by atoms with E-state index in [9.17, 15) is 19.2 Å². The summed E-state index contributed by atoms with van der Waals surface area (Å²) in [5, 5.41) is 0. The summed E-state index contributed by atoms with van der Waals surface area (Å²) in [6.07, 6.45) is -35.9. The van der Waals surface area contributed by atoms with Gasteiger partial charge in [0.2, 0.25) is 0 Å². The Balaban J connectivity index is 0.855. The molecule has 664 valence electrons. The van der Waals surface area contributed by atoms with Crippen LogP contribution in [-0.4, -0.2) is 272 Å². The Labute approximate surface area is 722 Å². The maximum Gasteiger partial charge on any atom is 0.338 e. The molecule has 0 aliphatic carbocycles. The highest BCUT2D eigenvalue weighted by Gasteiger charge is 2.62.